The van der Waals surface area contributed by atoms with Crippen LogP contribution in [-0.4, -0.2) is 113 Å². The van der Waals surface area contributed by atoms with E-state index in [9.17, 15) is 19.2 Å². The van der Waals surface area contributed by atoms with E-state index in [2.05, 4.69) is 44.9 Å². The van der Waals surface area contributed by atoms with Crippen LogP contribution >= 0.6 is 47.5 Å². The molecule has 6 heterocycles. The van der Waals surface area contributed by atoms with Crippen LogP contribution in [0.25, 0.3) is 20.9 Å². The number of carbonyl (C=O) groups excluding carboxylic acids is 5. The molecule has 0 spiro atoms. The number of amides is 5. The number of carbonyl (C=O) groups is 5. The Kier molecular flexibility index (Phi) is 15.5. The number of likely N-dealkylation sites (tertiary alicyclic amines) is 2. The lowest BCUT2D eigenvalue weighted by Gasteiger charge is -2.35. The average Bonchev–Trinajstić information content (AvgIpc) is 4.30. The number of rotatable bonds is 16. The highest BCUT2D eigenvalue weighted by Gasteiger charge is 2.48. The van der Waals surface area contributed by atoms with E-state index in [4.69, 9.17) is 29.6 Å². The zero-order valence-electron chi connectivity index (χ0n) is 43.4. The Bertz CT molecular complexity index is 3190. The van der Waals surface area contributed by atoms with Crippen LogP contribution in [0.2, 0.25) is 0 Å². The number of nitrogens with one attached hydrogen (secondary N) is 2. The fourth-order valence-corrected chi connectivity index (χ4v) is 13.5. The number of aryl methyl sites for hydroxylation is 2. The minimum absolute atomic E-state index is 0.167. The van der Waals surface area contributed by atoms with Gasteiger partial charge in [-0.25, -0.2) is 9.97 Å². The van der Waals surface area contributed by atoms with Crippen molar-refractivity contribution in [1.82, 2.24) is 40.2 Å². The Morgan fingerprint density at radius 1 is 0.684 bits per heavy atom. The van der Waals surface area contributed by atoms with Crippen LogP contribution in [0, 0.1) is 25.7 Å². The third kappa shape index (κ3) is 10.6. The van der Waals surface area contributed by atoms with Crippen LogP contribution in [0.1, 0.15) is 94.9 Å². The Balaban J connectivity index is 0.827. The molecule has 394 valence electrons. The maximum atomic E-state index is 15.0. The number of thiol groups is 1. The van der Waals surface area contributed by atoms with E-state index < -0.39 is 30.3 Å². The topological polar surface area (TPSA) is 157 Å². The van der Waals surface area contributed by atoms with E-state index in [1.165, 1.54) is 0 Å². The van der Waals surface area contributed by atoms with Gasteiger partial charge >= 0.3 is 0 Å². The standard InChI is InChI=1S/C58H62N8O6S4/c1-32(2)49(65-26-40-9-7-8-10-45(40)55(65)68)57(70)63-28-43(22-48(63)54(74)60-25-37-13-17-39(18-14-37)52-35(6)62-31-76-52)72-42-19-20-46-41(21-42)27-66(56(46)69)50(33(3)4)58(71)64-29-44(73)23-47(64)53(67)59-24-36-11-15-38(16-12-36)51-34(5)61-30-75-51/h7-21,30-33,43-44,47-50,73H,22-29H2,1-6H3,(H,59,67)(H,60,74)/t43-,44-,47+,48+,49+,50+/m1/s1. The highest BCUT2D eigenvalue weighted by Crippen LogP contribution is 2.36. The summed E-state index contributed by atoms with van der Waals surface area (Å²) in [5, 5.41) is 6.30. The monoisotopic (exact) mass is 1090 g/mol. The third-order valence-corrected chi connectivity index (χ3v) is 17.8. The molecule has 5 amide bonds. The lowest BCUT2D eigenvalue weighted by atomic mass is 10.0. The molecule has 4 aliphatic heterocycles. The number of thiazole rings is 2. The summed E-state index contributed by atoms with van der Waals surface area (Å²) in [4.78, 5) is 89.9. The van der Waals surface area contributed by atoms with Gasteiger partial charge in [0.1, 0.15) is 30.0 Å². The van der Waals surface area contributed by atoms with Crippen molar-refractivity contribution in [3.63, 3.8) is 0 Å². The predicted molar refractivity (Wildman–Crippen MR) is 303 cm³/mol. The largest absolute Gasteiger partial charge is 0.488 e. The number of aromatic nitrogens is 2. The fourth-order valence-electron chi connectivity index (χ4n) is 11.2. The van der Waals surface area contributed by atoms with Gasteiger partial charge in [-0.1, -0.05) is 107 Å². The van der Waals surface area contributed by atoms with Crippen LogP contribution in [-0.2, 0) is 40.6 Å². The average molecular weight is 1100 g/mol. The maximum Gasteiger partial charge on any atom is 0.255 e. The molecule has 6 atom stereocenters. The first-order chi connectivity index (χ1) is 36.5. The molecule has 0 saturated carbocycles. The molecule has 2 aromatic heterocycles. The minimum atomic E-state index is -0.839. The fraction of sp³-hybridized carbons (Fsp3) is 0.379. The second-order valence-corrected chi connectivity index (χ2v) is 23.8. The minimum Gasteiger partial charge on any atom is -0.488 e. The predicted octanol–water partition coefficient (Wildman–Crippen LogP) is 8.89. The molecule has 18 heteroatoms. The van der Waals surface area contributed by atoms with Crippen molar-refractivity contribution in [2.75, 3.05) is 13.1 Å². The number of hydrogen-bond donors (Lipinski definition) is 3. The zero-order chi connectivity index (χ0) is 53.5. The molecule has 2 fully saturated rings. The van der Waals surface area contributed by atoms with Gasteiger partial charge in [0.2, 0.25) is 17.7 Å². The first-order valence-electron chi connectivity index (χ1n) is 25.9. The molecule has 76 heavy (non-hydrogen) atoms. The highest BCUT2D eigenvalue weighted by atomic mass is 32.1. The second kappa shape index (κ2) is 22.2. The van der Waals surface area contributed by atoms with E-state index in [1.807, 2.05) is 107 Å². The van der Waals surface area contributed by atoms with Gasteiger partial charge in [-0.15, -0.1) is 22.7 Å². The SMILES string of the molecule is Cc1ncsc1-c1ccc(CNC(=O)[C@@H]2C[C@@H](S)CN2C(=O)[C@H](C(C)C)N2Cc3cc(O[C@@H]4C[C@@H](C(=S)NCc5ccc(-c6scnc6C)cc5)N(C(=O)[C@H](C(C)C)N5Cc6ccccc6C5=O)C4)ccc3C2=O)cc1. The number of fused-ring (bicyclic) bond motifs is 2. The van der Waals surface area contributed by atoms with Gasteiger partial charge in [-0.3, -0.25) is 24.0 Å². The van der Waals surface area contributed by atoms with E-state index in [0.717, 1.165) is 49.0 Å². The van der Waals surface area contributed by atoms with Gasteiger partial charge in [0.05, 0.1) is 49.7 Å². The number of thiocarbonyl (C=S) groups is 1. The van der Waals surface area contributed by atoms with Crippen LogP contribution in [0.15, 0.2) is 102 Å². The van der Waals surface area contributed by atoms with Crippen molar-refractivity contribution in [2.45, 2.75) is 116 Å². The number of benzene rings is 4. The maximum absolute atomic E-state index is 15.0. The normalized spacial score (nSPS) is 19.9. The van der Waals surface area contributed by atoms with Crippen molar-refractivity contribution in [3.8, 4) is 26.6 Å². The van der Waals surface area contributed by atoms with Gasteiger partial charge in [-0.2, -0.15) is 12.6 Å². The van der Waals surface area contributed by atoms with Gasteiger partial charge in [0, 0.05) is 55.5 Å². The summed E-state index contributed by atoms with van der Waals surface area (Å²) in [6.07, 6.45) is 0.300. The number of hydrogen-bond acceptors (Lipinski definition) is 12. The zero-order valence-corrected chi connectivity index (χ0v) is 46.7. The Morgan fingerprint density at radius 2 is 1.21 bits per heavy atom. The second-order valence-electron chi connectivity index (χ2n) is 21.0. The van der Waals surface area contributed by atoms with Crippen molar-refractivity contribution in [1.29, 1.82) is 0 Å². The van der Waals surface area contributed by atoms with E-state index in [-0.39, 0.29) is 66.3 Å². The summed E-state index contributed by atoms with van der Waals surface area (Å²) >= 11 is 14.1. The summed E-state index contributed by atoms with van der Waals surface area (Å²) < 4.78 is 6.74. The summed E-state index contributed by atoms with van der Waals surface area (Å²) in [5.41, 5.74) is 12.4. The third-order valence-electron chi connectivity index (χ3n) is 15.1. The van der Waals surface area contributed by atoms with Gasteiger partial charge in [0.15, 0.2) is 0 Å². The van der Waals surface area contributed by atoms with Gasteiger partial charge < -0.3 is 35.0 Å². The molecule has 14 nitrogen and oxygen atoms in total. The first-order valence-corrected chi connectivity index (χ1v) is 28.6. The van der Waals surface area contributed by atoms with Gasteiger partial charge in [0.25, 0.3) is 11.8 Å². The Hall–Kier alpha value is -6.47. The molecule has 2 saturated heterocycles. The van der Waals surface area contributed by atoms with Gasteiger partial charge in [-0.05, 0) is 89.8 Å². The van der Waals surface area contributed by atoms with Crippen LogP contribution in [0.4, 0.5) is 0 Å². The van der Waals surface area contributed by atoms with Crippen LogP contribution in [0.5, 0.6) is 5.75 Å². The quantitative estimate of drug-likeness (QED) is 0.0632. The molecular formula is C58H62N8O6S4. The summed E-state index contributed by atoms with van der Waals surface area (Å²) in [6, 6.07) is 26.3. The summed E-state index contributed by atoms with van der Waals surface area (Å²) in [6.45, 7) is 13.5. The molecule has 0 radical (unpaired) electrons. The Labute approximate surface area is 462 Å². The molecular weight excluding hydrogens is 1030 g/mol. The van der Waals surface area contributed by atoms with Crippen molar-refractivity contribution in [2.24, 2.45) is 11.8 Å². The molecule has 0 unspecified atom stereocenters. The lowest BCUT2D eigenvalue weighted by Crippen LogP contribution is -2.55. The summed E-state index contributed by atoms with van der Waals surface area (Å²) in [7, 11) is 0. The van der Waals surface area contributed by atoms with Crippen LogP contribution in [0.3, 0.4) is 0 Å². The molecule has 0 bridgehead atoms. The molecule has 0 aliphatic carbocycles. The summed E-state index contributed by atoms with van der Waals surface area (Å²) in [5.74, 6) is -1.14. The molecule has 2 N–H and O–H groups in total. The number of ether oxygens (including phenoxy) is 1. The van der Waals surface area contributed by atoms with Crippen molar-refractivity contribution in [3.05, 3.63) is 147 Å². The molecule has 4 aliphatic rings. The Morgan fingerprint density at radius 3 is 1.75 bits per heavy atom. The van der Waals surface area contributed by atoms with Crippen molar-refractivity contribution < 1.29 is 28.7 Å². The van der Waals surface area contributed by atoms with E-state index >= 15 is 4.79 Å². The molecule has 10 rings (SSSR count). The smallest absolute Gasteiger partial charge is 0.255 e. The highest BCUT2D eigenvalue weighted by molar-refractivity contribution is 7.81. The van der Waals surface area contributed by atoms with E-state index in [1.54, 1.807) is 54.4 Å². The first kappa shape index (κ1) is 52.9. The molecule has 6 aromatic rings. The van der Waals surface area contributed by atoms with Crippen LogP contribution < -0.4 is 15.4 Å². The van der Waals surface area contributed by atoms with E-state index in [0.29, 0.717) is 59.9 Å². The molecule has 4 aromatic carbocycles. The number of nitrogens with zero attached hydrogens (tertiary/aromatic N) is 6. The van der Waals surface area contributed by atoms with Crippen molar-refractivity contribution >= 4 is 82.0 Å². The lowest BCUT2D eigenvalue weighted by molar-refractivity contribution is -0.143.